The highest BCUT2D eigenvalue weighted by Crippen LogP contribution is 2.15. The van der Waals surface area contributed by atoms with Crippen molar-refractivity contribution in [3.63, 3.8) is 0 Å². The number of hydrogen-bond donors (Lipinski definition) is 1. The van der Waals surface area contributed by atoms with Crippen LogP contribution in [0, 0.1) is 5.92 Å². The molecule has 0 saturated carbocycles. The summed E-state index contributed by atoms with van der Waals surface area (Å²) in [6, 6.07) is 18.1. The van der Waals surface area contributed by atoms with Crippen molar-refractivity contribution < 1.29 is 24.0 Å². The van der Waals surface area contributed by atoms with Gasteiger partial charge in [-0.3, -0.25) is 14.6 Å². The Bertz CT molecular complexity index is 885. The second kappa shape index (κ2) is 11.6. The Morgan fingerprint density at radius 1 is 1.06 bits per heavy atom. The molecule has 1 aliphatic rings. The van der Waals surface area contributed by atoms with Gasteiger partial charge in [0.05, 0.1) is 6.54 Å². The molecular formula is C26H33N2O4+. The highest BCUT2D eigenvalue weighted by atomic mass is 16.6. The van der Waals surface area contributed by atoms with E-state index in [-0.39, 0.29) is 24.5 Å². The SMILES string of the molecule is CC(C)CN(C(=O)OCc1ccccc1)[C@H](Cc1ccccc1)C(=O)[NH+]1CCC[C@H]1C=O. The zero-order chi connectivity index (χ0) is 22.9. The van der Waals surface area contributed by atoms with Gasteiger partial charge in [-0.25, -0.2) is 9.59 Å². The van der Waals surface area contributed by atoms with E-state index in [0.717, 1.165) is 23.8 Å². The number of nitrogens with one attached hydrogen (secondary N) is 1. The van der Waals surface area contributed by atoms with E-state index in [1.54, 1.807) is 4.90 Å². The van der Waals surface area contributed by atoms with Gasteiger partial charge in [0.1, 0.15) is 6.61 Å². The van der Waals surface area contributed by atoms with Crippen molar-refractivity contribution in [1.82, 2.24) is 4.90 Å². The maximum atomic E-state index is 13.7. The third kappa shape index (κ3) is 6.26. The first-order valence-electron chi connectivity index (χ1n) is 11.4. The summed E-state index contributed by atoms with van der Waals surface area (Å²) in [4.78, 5) is 40.7. The van der Waals surface area contributed by atoms with Crippen LogP contribution in [0.2, 0.25) is 0 Å². The van der Waals surface area contributed by atoms with E-state index in [9.17, 15) is 14.4 Å². The number of amides is 2. The van der Waals surface area contributed by atoms with Crippen LogP contribution in [-0.2, 0) is 27.4 Å². The van der Waals surface area contributed by atoms with Crippen LogP contribution in [0.4, 0.5) is 4.79 Å². The summed E-state index contributed by atoms with van der Waals surface area (Å²) in [5.41, 5.74) is 1.86. The molecule has 1 saturated heterocycles. The fraction of sp³-hybridized carbons (Fsp3) is 0.423. The van der Waals surface area contributed by atoms with E-state index >= 15 is 0 Å². The van der Waals surface area contributed by atoms with Gasteiger partial charge in [0.2, 0.25) is 0 Å². The van der Waals surface area contributed by atoms with E-state index in [0.29, 0.717) is 30.8 Å². The van der Waals surface area contributed by atoms with Crippen LogP contribution in [0.5, 0.6) is 0 Å². The van der Waals surface area contributed by atoms with Gasteiger partial charge < -0.3 is 4.74 Å². The van der Waals surface area contributed by atoms with Gasteiger partial charge in [-0.2, -0.15) is 0 Å². The van der Waals surface area contributed by atoms with Crippen LogP contribution in [0.25, 0.3) is 0 Å². The zero-order valence-corrected chi connectivity index (χ0v) is 18.9. The first-order chi connectivity index (χ1) is 15.5. The number of benzene rings is 2. The zero-order valence-electron chi connectivity index (χ0n) is 18.9. The standard InChI is InChI=1S/C26H32N2O4/c1-20(2)17-28(26(31)32-19-22-12-7-4-8-13-22)24(16-21-10-5-3-6-11-21)25(30)27-15-9-14-23(27)18-29/h3-8,10-13,18,20,23-24H,9,14-17,19H2,1-2H3/p+1/t23-,24+/m0/s1. The van der Waals surface area contributed by atoms with Crippen LogP contribution in [0.1, 0.15) is 37.8 Å². The minimum Gasteiger partial charge on any atom is -0.445 e. The number of nitrogens with zero attached hydrogens (tertiary/aromatic N) is 1. The number of quaternary nitrogens is 1. The van der Waals surface area contributed by atoms with Gasteiger partial charge in [0.15, 0.2) is 18.4 Å². The summed E-state index contributed by atoms with van der Waals surface area (Å²) in [5, 5.41) is 0. The van der Waals surface area contributed by atoms with Crippen LogP contribution in [-0.4, -0.2) is 48.4 Å². The molecule has 1 unspecified atom stereocenters. The average molecular weight is 438 g/mol. The summed E-state index contributed by atoms with van der Waals surface area (Å²) in [7, 11) is 0. The Morgan fingerprint density at radius 3 is 2.28 bits per heavy atom. The predicted octanol–water partition coefficient (Wildman–Crippen LogP) is 2.67. The second-order valence-electron chi connectivity index (χ2n) is 8.82. The van der Waals surface area contributed by atoms with Gasteiger partial charge in [0.25, 0.3) is 0 Å². The lowest BCUT2D eigenvalue weighted by molar-refractivity contribution is -0.823. The Labute approximate surface area is 190 Å². The summed E-state index contributed by atoms with van der Waals surface area (Å²) < 4.78 is 5.63. The molecule has 32 heavy (non-hydrogen) atoms. The van der Waals surface area contributed by atoms with Gasteiger partial charge in [-0.1, -0.05) is 74.5 Å². The van der Waals surface area contributed by atoms with Crippen molar-refractivity contribution in [1.29, 1.82) is 0 Å². The fourth-order valence-electron chi connectivity index (χ4n) is 4.25. The molecular weight excluding hydrogens is 404 g/mol. The molecule has 1 heterocycles. The Balaban J connectivity index is 1.86. The number of aldehydes is 1. The highest BCUT2D eigenvalue weighted by molar-refractivity contribution is 5.81. The molecule has 0 spiro atoms. The normalized spacial score (nSPS) is 18.8. The summed E-state index contributed by atoms with van der Waals surface area (Å²) in [6.45, 7) is 5.18. The van der Waals surface area contributed by atoms with Crippen LogP contribution in [0.15, 0.2) is 60.7 Å². The molecule has 6 heteroatoms. The van der Waals surface area contributed by atoms with Crippen molar-refractivity contribution >= 4 is 18.3 Å². The van der Waals surface area contributed by atoms with E-state index < -0.39 is 12.1 Å². The van der Waals surface area contributed by atoms with E-state index in [1.165, 1.54) is 0 Å². The van der Waals surface area contributed by atoms with Crippen molar-refractivity contribution in [2.24, 2.45) is 5.92 Å². The van der Waals surface area contributed by atoms with Gasteiger partial charge in [-0.05, 0) is 17.0 Å². The molecule has 0 bridgehead atoms. The molecule has 0 aromatic heterocycles. The van der Waals surface area contributed by atoms with Crippen molar-refractivity contribution in [2.45, 2.75) is 51.8 Å². The fourth-order valence-corrected chi connectivity index (χ4v) is 4.25. The summed E-state index contributed by atoms with van der Waals surface area (Å²) >= 11 is 0. The quantitative estimate of drug-likeness (QED) is 0.613. The van der Waals surface area contributed by atoms with Crippen molar-refractivity contribution in [2.75, 3.05) is 13.1 Å². The molecule has 2 aromatic rings. The molecule has 3 rings (SSSR count). The first kappa shape index (κ1) is 23.7. The highest BCUT2D eigenvalue weighted by Gasteiger charge is 2.42. The summed E-state index contributed by atoms with van der Waals surface area (Å²) in [5.74, 6) is 0.0431. The largest absolute Gasteiger partial charge is 0.445 e. The molecule has 3 atom stereocenters. The number of ether oxygens (including phenoxy) is 1. The lowest BCUT2D eigenvalue weighted by Crippen LogP contribution is -3.18. The molecule has 2 aromatic carbocycles. The van der Waals surface area contributed by atoms with Crippen LogP contribution < -0.4 is 4.90 Å². The number of likely N-dealkylation sites (tertiary alicyclic amines) is 1. The maximum Gasteiger partial charge on any atom is 0.410 e. The monoisotopic (exact) mass is 437 g/mol. The molecule has 0 radical (unpaired) electrons. The van der Waals surface area contributed by atoms with E-state index in [1.807, 2.05) is 74.5 Å². The van der Waals surface area contributed by atoms with Gasteiger partial charge >= 0.3 is 12.0 Å². The average Bonchev–Trinajstić information content (AvgIpc) is 3.29. The number of carbonyl (C=O) groups is 3. The van der Waals surface area contributed by atoms with Crippen molar-refractivity contribution in [3.05, 3.63) is 71.8 Å². The Kier molecular flexibility index (Phi) is 8.56. The lowest BCUT2D eigenvalue weighted by Gasteiger charge is -2.32. The third-order valence-corrected chi connectivity index (χ3v) is 5.84. The third-order valence-electron chi connectivity index (χ3n) is 5.84. The second-order valence-corrected chi connectivity index (χ2v) is 8.82. The lowest BCUT2D eigenvalue weighted by atomic mass is 10.0. The maximum absolute atomic E-state index is 13.7. The number of rotatable bonds is 9. The topological polar surface area (TPSA) is 68.1 Å². The van der Waals surface area contributed by atoms with Crippen LogP contribution in [0.3, 0.4) is 0 Å². The predicted molar refractivity (Wildman–Crippen MR) is 122 cm³/mol. The molecule has 170 valence electrons. The molecule has 6 nitrogen and oxygen atoms in total. The van der Waals surface area contributed by atoms with E-state index in [2.05, 4.69) is 0 Å². The molecule has 1 fully saturated rings. The molecule has 1 N–H and O–H groups in total. The van der Waals surface area contributed by atoms with Crippen LogP contribution >= 0.6 is 0 Å². The Morgan fingerprint density at radius 2 is 1.69 bits per heavy atom. The summed E-state index contributed by atoms with van der Waals surface area (Å²) in [6.07, 6.45) is 2.29. The van der Waals surface area contributed by atoms with E-state index in [4.69, 9.17) is 4.74 Å². The molecule has 0 aliphatic carbocycles. The smallest absolute Gasteiger partial charge is 0.410 e. The minimum absolute atomic E-state index is 0.110. The van der Waals surface area contributed by atoms with Gasteiger partial charge in [0, 0.05) is 25.8 Å². The Hall–Kier alpha value is -2.99. The number of carbonyl (C=O) groups excluding carboxylic acids is 3. The van der Waals surface area contributed by atoms with Crippen molar-refractivity contribution in [3.8, 4) is 0 Å². The first-order valence-corrected chi connectivity index (χ1v) is 11.4. The molecule has 2 amide bonds. The minimum atomic E-state index is -0.696. The molecule has 1 aliphatic heterocycles. The number of hydrogen-bond acceptors (Lipinski definition) is 4. The van der Waals surface area contributed by atoms with Gasteiger partial charge in [-0.15, -0.1) is 0 Å².